The number of carbonyl (C=O) groups is 1. The lowest BCUT2D eigenvalue weighted by molar-refractivity contribution is -0.130. The summed E-state index contributed by atoms with van der Waals surface area (Å²) in [7, 11) is 0. The first-order valence-electron chi connectivity index (χ1n) is 4.72. The number of amides is 1. The highest BCUT2D eigenvalue weighted by Crippen LogP contribution is 2.29. The van der Waals surface area contributed by atoms with E-state index in [1.807, 2.05) is 4.90 Å². The Morgan fingerprint density at radius 1 is 1.46 bits per heavy atom. The van der Waals surface area contributed by atoms with Crippen LogP contribution in [0.3, 0.4) is 0 Å². The van der Waals surface area contributed by atoms with Crippen LogP contribution in [-0.2, 0) is 9.53 Å². The number of hydrogen-bond acceptors (Lipinski definition) is 2. The summed E-state index contributed by atoms with van der Waals surface area (Å²) >= 11 is 5.51. The van der Waals surface area contributed by atoms with E-state index in [-0.39, 0.29) is 11.8 Å². The quantitative estimate of drug-likeness (QED) is 0.588. The van der Waals surface area contributed by atoms with Crippen LogP contribution < -0.4 is 0 Å². The molecule has 0 unspecified atom stereocenters. The van der Waals surface area contributed by atoms with E-state index in [4.69, 9.17) is 16.3 Å². The fourth-order valence-electron chi connectivity index (χ4n) is 2.17. The zero-order valence-corrected chi connectivity index (χ0v) is 8.29. The first kappa shape index (κ1) is 9.28. The van der Waals surface area contributed by atoms with E-state index in [0.29, 0.717) is 11.8 Å². The van der Waals surface area contributed by atoms with Gasteiger partial charge in [-0.25, -0.2) is 0 Å². The Hall–Kier alpha value is -0.280. The highest BCUT2D eigenvalue weighted by molar-refractivity contribution is 6.27. The van der Waals surface area contributed by atoms with Crippen molar-refractivity contribution in [2.75, 3.05) is 32.2 Å². The van der Waals surface area contributed by atoms with Crippen molar-refractivity contribution in [1.29, 1.82) is 0 Å². The van der Waals surface area contributed by atoms with Crippen molar-refractivity contribution in [3.05, 3.63) is 0 Å². The Balaban J connectivity index is 1.93. The Kier molecular flexibility index (Phi) is 2.74. The van der Waals surface area contributed by atoms with Gasteiger partial charge in [-0.3, -0.25) is 4.79 Å². The molecule has 0 saturated carbocycles. The number of alkyl halides is 1. The molecule has 1 amide bonds. The molecule has 0 aromatic rings. The smallest absolute Gasteiger partial charge is 0.237 e. The first-order valence-corrected chi connectivity index (χ1v) is 5.26. The molecule has 2 saturated heterocycles. The number of halogens is 1. The van der Waals surface area contributed by atoms with E-state index in [0.717, 1.165) is 32.7 Å². The lowest BCUT2D eigenvalue weighted by Gasteiger charge is -2.33. The van der Waals surface area contributed by atoms with Gasteiger partial charge in [0.15, 0.2) is 0 Å². The number of rotatable bonds is 1. The van der Waals surface area contributed by atoms with E-state index < -0.39 is 0 Å². The van der Waals surface area contributed by atoms with Gasteiger partial charge in [0.1, 0.15) is 5.88 Å². The van der Waals surface area contributed by atoms with Crippen molar-refractivity contribution in [2.24, 2.45) is 11.8 Å². The number of nitrogens with zero attached hydrogens (tertiary/aromatic N) is 1. The summed E-state index contributed by atoms with van der Waals surface area (Å²) in [5, 5.41) is 0. The maximum absolute atomic E-state index is 11.3. The third-order valence-electron chi connectivity index (χ3n) is 3.02. The minimum atomic E-state index is 0.0621. The number of fused-ring (bicyclic) bond motifs is 1. The summed E-state index contributed by atoms with van der Waals surface area (Å²) in [4.78, 5) is 13.2. The molecule has 2 rings (SSSR count). The third-order valence-corrected chi connectivity index (χ3v) is 3.25. The van der Waals surface area contributed by atoms with Crippen molar-refractivity contribution < 1.29 is 9.53 Å². The maximum atomic E-state index is 11.3. The monoisotopic (exact) mass is 203 g/mol. The van der Waals surface area contributed by atoms with Crippen molar-refractivity contribution in [3.63, 3.8) is 0 Å². The van der Waals surface area contributed by atoms with Crippen LogP contribution >= 0.6 is 11.6 Å². The topological polar surface area (TPSA) is 29.5 Å². The van der Waals surface area contributed by atoms with E-state index >= 15 is 0 Å². The van der Waals surface area contributed by atoms with Crippen LogP contribution in [0.25, 0.3) is 0 Å². The first-order chi connectivity index (χ1) is 6.31. The summed E-state index contributed by atoms with van der Waals surface area (Å²) in [6, 6.07) is 0. The number of hydrogen-bond donors (Lipinski definition) is 0. The molecule has 74 valence electrons. The van der Waals surface area contributed by atoms with Gasteiger partial charge in [0.25, 0.3) is 0 Å². The summed E-state index contributed by atoms with van der Waals surface area (Å²) < 4.78 is 5.38. The summed E-state index contributed by atoms with van der Waals surface area (Å²) in [5.41, 5.74) is 0. The average Bonchev–Trinajstić information content (AvgIpc) is 2.63. The van der Waals surface area contributed by atoms with Gasteiger partial charge in [0.2, 0.25) is 5.91 Å². The molecule has 0 spiro atoms. The van der Waals surface area contributed by atoms with Gasteiger partial charge >= 0.3 is 0 Å². The van der Waals surface area contributed by atoms with E-state index in [9.17, 15) is 4.79 Å². The van der Waals surface area contributed by atoms with Gasteiger partial charge in [-0.2, -0.15) is 0 Å². The fourth-order valence-corrected chi connectivity index (χ4v) is 2.34. The van der Waals surface area contributed by atoms with Crippen molar-refractivity contribution in [1.82, 2.24) is 4.90 Å². The summed E-state index contributed by atoms with van der Waals surface area (Å²) in [6.07, 6.45) is 1.08. The number of ether oxygens (including phenoxy) is 1. The molecular weight excluding hydrogens is 190 g/mol. The molecule has 0 aliphatic carbocycles. The van der Waals surface area contributed by atoms with Crippen LogP contribution in [0.5, 0.6) is 0 Å². The Labute approximate surface area is 83.0 Å². The van der Waals surface area contributed by atoms with Gasteiger partial charge in [0, 0.05) is 25.6 Å². The second-order valence-electron chi connectivity index (χ2n) is 3.82. The summed E-state index contributed by atoms with van der Waals surface area (Å²) in [5.74, 6) is 1.41. The van der Waals surface area contributed by atoms with Crippen LogP contribution in [0.1, 0.15) is 6.42 Å². The number of carbonyl (C=O) groups excluding carboxylic acids is 1. The largest absolute Gasteiger partial charge is 0.381 e. The molecule has 0 aromatic heterocycles. The normalized spacial score (nSPS) is 33.2. The van der Waals surface area contributed by atoms with Crippen LogP contribution in [0.15, 0.2) is 0 Å². The molecule has 0 aromatic carbocycles. The fraction of sp³-hybridized carbons (Fsp3) is 0.889. The molecular formula is C9H14ClNO2. The third kappa shape index (κ3) is 1.81. The molecule has 2 aliphatic heterocycles. The van der Waals surface area contributed by atoms with Crippen LogP contribution in [0, 0.1) is 11.8 Å². The van der Waals surface area contributed by atoms with Crippen LogP contribution in [0.4, 0.5) is 0 Å². The van der Waals surface area contributed by atoms with Gasteiger partial charge in [0.05, 0.1) is 6.61 Å². The molecule has 3 nitrogen and oxygen atoms in total. The SMILES string of the molecule is O=C(CCl)N1CC[C@@H]2COC[C@H]2C1. The van der Waals surface area contributed by atoms with Crippen molar-refractivity contribution >= 4 is 17.5 Å². The molecule has 2 aliphatic rings. The van der Waals surface area contributed by atoms with Crippen LogP contribution in [0.2, 0.25) is 0 Å². The molecule has 4 heteroatoms. The van der Waals surface area contributed by atoms with E-state index in [1.165, 1.54) is 0 Å². The number of piperidine rings is 1. The summed E-state index contributed by atoms with van der Waals surface area (Å²) in [6.45, 7) is 3.40. The van der Waals surface area contributed by atoms with Gasteiger partial charge in [-0.1, -0.05) is 0 Å². The standard InChI is InChI=1S/C9H14ClNO2/c10-3-9(12)11-2-1-7-5-13-6-8(7)4-11/h7-8H,1-6H2/t7-,8-/m1/s1. The maximum Gasteiger partial charge on any atom is 0.237 e. The Morgan fingerprint density at radius 3 is 3.00 bits per heavy atom. The minimum Gasteiger partial charge on any atom is -0.381 e. The lowest BCUT2D eigenvalue weighted by Crippen LogP contribution is -2.43. The van der Waals surface area contributed by atoms with Crippen LogP contribution in [-0.4, -0.2) is 43.0 Å². The predicted octanol–water partition coefficient (Wildman–Crippen LogP) is 0.720. The van der Waals surface area contributed by atoms with Gasteiger partial charge in [-0.15, -0.1) is 11.6 Å². The molecule has 0 bridgehead atoms. The molecule has 2 atom stereocenters. The minimum absolute atomic E-state index is 0.0621. The predicted molar refractivity (Wildman–Crippen MR) is 49.7 cm³/mol. The zero-order chi connectivity index (χ0) is 9.26. The van der Waals surface area contributed by atoms with Gasteiger partial charge < -0.3 is 9.64 Å². The highest BCUT2D eigenvalue weighted by atomic mass is 35.5. The number of likely N-dealkylation sites (tertiary alicyclic amines) is 1. The average molecular weight is 204 g/mol. The molecule has 0 N–H and O–H groups in total. The molecule has 2 heterocycles. The van der Waals surface area contributed by atoms with Crippen molar-refractivity contribution in [2.45, 2.75) is 6.42 Å². The highest BCUT2D eigenvalue weighted by Gasteiger charge is 2.34. The Bertz CT molecular complexity index is 210. The molecule has 0 radical (unpaired) electrons. The molecule has 2 fully saturated rings. The zero-order valence-electron chi connectivity index (χ0n) is 7.54. The second kappa shape index (κ2) is 3.84. The molecule has 13 heavy (non-hydrogen) atoms. The second-order valence-corrected chi connectivity index (χ2v) is 4.09. The Morgan fingerprint density at radius 2 is 2.23 bits per heavy atom. The lowest BCUT2D eigenvalue weighted by atomic mass is 9.89. The van der Waals surface area contributed by atoms with E-state index in [1.54, 1.807) is 0 Å². The van der Waals surface area contributed by atoms with E-state index in [2.05, 4.69) is 0 Å². The van der Waals surface area contributed by atoms with Crippen molar-refractivity contribution in [3.8, 4) is 0 Å². The van der Waals surface area contributed by atoms with Gasteiger partial charge in [-0.05, 0) is 12.3 Å².